The molecule has 0 radical (unpaired) electrons. The lowest BCUT2D eigenvalue weighted by Crippen LogP contribution is -2.22. The number of rotatable bonds is 4. The molecule has 3 nitrogen and oxygen atoms in total. The highest BCUT2D eigenvalue weighted by atomic mass is 79.9. The number of carbonyl (C=O) groups is 1. The number of alkyl halides is 1. The van der Waals surface area contributed by atoms with E-state index in [1.807, 2.05) is 6.92 Å². The van der Waals surface area contributed by atoms with Crippen molar-refractivity contribution in [3.05, 3.63) is 0 Å². The first-order valence-corrected chi connectivity index (χ1v) is 4.48. The third kappa shape index (κ3) is 5.21. The molecule has 11 heavy (non-hydrogen) atoms. The van der Waals surface area contributed by atoms with Gasteiger partial charge in [0.2, 0.25) is 0 Å². The molecular formula is C7H13BrO3. The first-order valence-electron chi connectivity index (χ1n) is 3.56. The number of esters is 1. The molecule has 0 amide bonds. The van der Waals surface area contributed by atoms with Crippen LogP contribution in [0.25, 0.3) is 0 Å². The Bertz CT molecular complexity index is 125. The van der Waals surface area contributed by atoms with E-state index < -0.39 is 12.1 Å². The SMILES string of the molecule is CCC(Br)COC(=O)[C@@H](C)O. The smallest absolute Gasteiger partial charge is 0.334 e. The summed E-state index contributed by atoms with van der Waals surface area (Å²) in [4.78, 5) is 10.9. The molecule has 0 aliphatic carbocycles. The van der Waals surface area contributed by atoms with Crippen LogP contribution in [-0.4, -0.2) is 28.6 Å². The summed E-state index contributed by atoms with van der Waals surface area (Å²) in [5, 5.41) is 8.72. The van der Waals surface area contributed by atoms with Gasteiger partial charge in [0.25, 0.3) is 0 Å². The standard InChI is InChI=1S/C7H13BrO3/c1-3-6(8)4-11-7(10)5(2)9/h5-6,9H,3-4H2,1-2H3/t5-,6?/m1/s1. The van der Waals surface area contributed by atoms with E-state index in [2.05, 4.69) is 15.9 Å². The maximum Gasteiger partial charge on any atom is 0.334 e. The van der Waals surface area contributed by atoms with Gasteiger partial charge in [-0.25, -0.2) is 4.79 Å². The lowest BCUT2D eigenvalue weighted by molar-refractivity contribution is -0.152. The third-order valence-electron chi connectivity index (χ3n) is 1.19. The minimum atomic E-state index is -1.02. The molecule has 0 aromatic carbocycles. The second kappa shape index (κ2) is 5.55. The van der Waals surface area contributed by atoms with Gasteiger partial charge in [-0.2, -0.15) is 0 Å². The zero-order valence-corrected chi connectivity index (χ0v) is 8.30. The molecule has 2 atom stereocenters. The Labute approximate surface area is 74.9 Å². The Morgan fingerprint density at radius 3 is 2.64 bits per heavy atom. The summed E-state index contributed by atoms with van der Waals surface area (Å²) < 4.78 is 4.72. The molecule has 4 heteroatoms. The van der Waals surface area contributed by atoms with E-state index in [1.165, 1.54) is 6.92 Å². The molecule has 0 aliphatic heterocycles. The van der Waals surface area contributed by atoms with E-state index in [0.717, 1.165) is 6.42 Å². The van der Waals surface area contributed by atoms with Gasteiger partial charge >= 0.3 is 5.97 Å². The van der Waals surface area contributed by atoms with Crippen LogP contribution in [-0.2, 0) is 9.53 Å². The quantitative estimate of drug-likeness (QED) is 0.575. The molecule has 0 aliphatic rings. The molecule has 0 saturated carbocycles. The first kappa shape index (κ1) is 10.9. The van der Waals surface area contributed by atoms with Crippen LogP contribution in [0.15, 0.2) is 0 Å². The molecule has 0 heterocycles. The van der Waals surface area contributed by atoms with Gasteiger partial charge in [-0.1, -0.05) is 22.9 Å². The van der Waals surface area contributed by atoms with Gasteiger partial charge in [0, 0.05) is 4.83 Å². The number of hydrogen-bond donors (Lipinski definition) is 1. The highest BCUT2D eigenvalue weighted by Gasteiger charge is 2.11. The lowest BCUT2D eigenvalue weighted by Gasteiger charge is -2.09. The molecule has 0 saturated heterocycles. The maximum atomic E-state index is 10.7. The lowest BCUT2D eigenvalue weighted by atomic mass is 10.3. The largest absolute Gasteiger partial charge is 0.463 e. The van der Waals surface area contributed by atoms with Crippen LogP contribution in [0.3, 0.4) is 0 Å². The zero-order valence-electron chi connectivity index (χ0n) is 6.71. The predicted octanol–water partition coefficient (Wildman–Crippen LogP) is 1.08. The minimum absolute atomic E-state index is 0.185. The number of aliphatic hydroxyl groups is 1. The first-order chi connectivity index (χ1) is 5.07. The summed E-state index contributed by atoms with van der Waals surface area (Å²) in [5.41, 5.74) is 0. The average Bonchev–Trinajstić information content (AvgIpc) is 1.99. The van der Waals surface area contributed by atoms with Crippen molar-refractivity contribution in [2.75, 3.05) is 6.61 Å². The van der Waals surface area contributed by atoms with Gasteiger partial charge < -0.3 is 9.84 Å². The monoisotopic (exact) mass is 224 g/mol. The Morgan fingerprint density at radius 2 is 2.27 bits per heavy atom. The summed E-state index contributed by atoms with van der Waals surface area (Å²) >= 11 is 3.30. The molecule has 66 valence electrons. The third-order valence-corrected chi connectivity index (χ3v) is 2.10. The van der Waals surface area contributed by atoms with Crippen molar-refractivity contribution in [2.45, 2.75) is 31.2 Å². The van der Waals surface area contributed by atoms with Crippen molar-refractivity contribution in [3.8, 4) is 0 Å². The summed E-state index contributed by atoms with van der Waals surface area (Å²) in [6, 6.07) is 0. The zero-order chi connectivity index (χ0) is 8.85. The fourth-order valence-corrected chi connectivity index (χ4v) is 0.543. The molecular weight excluding hydrogens is 212 g/mol. The van der Waals surface area contributed by atoms with Crippen molar-refractivity contribution in [2.24, 2.45) is 0 Å². The van der Waals surface area contributed by atoms with Crippen LogP contribution in [0.4, 0.5) is 0 Å². The molecule has 1 N–H and O–H groups in total. The number of halogens is 1. The van der Waals surface area contributed by atoms with Crippen molar-refractivity contribution in [3.63, 3.8) is 0 Å². The van der Waals surface area contributed by atoms with Gasteiger partial charge in [-0.05, 0) is 13.3 Å². The van der Waals surface area contributed by atoms with E-state index in [4.69, 9.17) is 9.84 Å². The Balaban J connectivity index is 3.46. The van der Waals surface area contributed by atoms with Crippen LogP contribution < -0.4 is 0 Å². The van der Waals surface area contributed by atoms with E-state index in [9.17, 15) is 4.79 Å². The average molecular weight is 225 g/mol. The van der Waals surface area contributed by atoms with Gasteiger partial charge in [-0.15, -0.1) is 0 Å². The van der Waals surface area contributed by atoms with Crippen LogP contribution in [0.2, 0.25) is 0 Å². The van der Waals surface area contributed by atoms with Gasteiger partial charge in [-0.3, -0.25) is 0 Å². The second-order valence-electron chi connectivity index (χ2n) is 2.31. The second-order valence-corrected chi connectivity index (χ2v) is 3.61. The van der Waals surface area contributed by atoms with Gasteiger partial charge in [0.05, 0.1) is 0 Å². The summed E-state index contributed by atoms with van der Waals surface area (Å²) in [5.74, 6) is -0.567. The van der Waals surface area contributed by atoms with Crippen LogP contribution in [0.1, 0.15) is 20.3 Å². The molecule has 0 rings (SSSR count). The highest BCUT2D eigenvalue weighted by molar-refractivity contribution is 9.09. The number of carbonyl (C=O) groups excluding carboxylic acids is 1. The Hall–Kier alpha value is -0.0900. The van der Waals surface area contributed by atoms with E-state index in [0.29, 0.717) is 6.61 Å². The molecule has 0 aromatic rings. The molecule has 0 aromatic heterocycles. The van der Waals surface area contributed by atoms with Gasteiger partial charge in [0.1, 0.15) is 12.7 Å². The van der Waals surface area contributed by atoms with Crippen LogP contribution in [0, 0.1) is 0 Å². The van der Waals surface area contributed by atoms with Crippen molar-refractivity contribution in [1.29, 1.82) is 0 Å². The molecule has 1 unspecified atom stereocenters. The fourth-order valence-electron chi connectivity index (χ4n) is 0.411. The van der Waals surface area contributed by atoms with Crippen molar-refractivity contribution >= 4 is 21.9 Å². The Kier molecular flexibility index (Phi) is 5.50. The highest BCUT2D eigenvalue weighted by Crippen LogP contribution is 2.04. The molecule has 0 fully saturated rings. The normalized spacial score (nSPS) is 15.6. The van der Waals surface area contributed by atoms with E-state index in [-0.39, 0.29) is 4.83 Å². The Morgan fingerprint density at radius 1 is 1.73 bits per heavy atom. The number of hydrogen-bond acceptors (Lipinski definition) is 3. The van der Waals surface area contributed by atoms with E-state index >= 15 is 0 Å². The van der Waals surface area contributed by atoms with E-state index in [1.54, 1.807) is 0 Å². The molecule has 0 spiro atoms. The maximum absolute atomic E-state index is 10.7. The predicted molar refractivity (Wildman–Crippen MR) is 45.6 cm³/mol. The summed E-state index contributed by atoms with van der Waals surface area (Å²) in [6.45, 7) is 3.69. The van der Waals surface area contributed by atoms with Crippen LogP contribution >= 0.6 is 15.9 Å². The van der Waals surface area contributed by atoms with Crippen molar-refractivity contribution in [1.82, 2.24) is 0 Å². The number of aliphatic hydroxyl groups excluding tert-OH is 1. The van der Waals surface area contributed by atoms with Crippen molar-refractivity contribution < 1.29 is 14.6 Å². The van der Waals surface area contributed by atoms with Crippen LogP contribution in [0.5, 0.6) is 0 Å². The topological polar surface area (TPSA) is 46.5 Å². The molecule has 0 bridgehead atoms. The van der Waals surface area contributed by atoms with Gasteiger partial charge in [0.15, 0.2) is 0 Å². The summed E-state index contributed by atoms with van der Waals surface area (Å²) in [6.07, 6.45) is -0.126. The fraction of sp³-hybridized carbons (Fsp3) is 0.857. The minimum Gasteiger partial charge on any atom is -0.463 e. The number of ether oxygens (including phenoxy) is 1. The summed E-state index contributed by atoms with van der Waals surface area (Å²) in [7, 11) is 0.